The molecular formula is C13H17ClFN. The Morgan fingerprint density at radius 1 is 1.50 bits per heavy atom. The van der Waals surface area contributed by atoms with Crippen LogP contribution in [0.5, 0.6) is 0 Å². The lowest BCUT2D eigenvalue weighted by Crippen LogP contribution is -2.23. The third-order valence-corrected chi connectivity index (χ3v) is 3.78. The van der Waals surface area contributed by atoms with Gasteiger partial charge < -0.3 is 5.32 Å². The molecule has 2 rings (SSSR count). The van der Waals surface area contributed by atoms with Gasteiger partial charge in [-0.2, -0.15) is 0 Å². The van der Waals surface area contributed by atoms with E-state index in [1.807, 2.05) is 13.1 Å². The van der Waals surface area contributed by atoms with E-state index in [2.05, 4.69) is 5.32 Å². The average molecular weight is 242 g/mol. The van der Waals surface area contributed by atoms with E-state index in [1.165, 1.54) is 25.3 Å². The van der Waals surface area contributed by atoms with E-state index in [4.69, 9.17) is 11.6 Å². The van der Waals surface area contributed by atoms with Crippen LogP contribution in [0.3, 0.4) is 0 Å². The number of halogens is 2. The van der Waals surface area contributed by atoms with Crippen LogP contribution in [-0.2, 0) is 0 Å². The summed E-state index contributed by atoms with van der Waals surface area (Å²) in [6.07, 6.45) is 5.13. The summed E-state index contributed by atoms with van der Waals surface area (Å²) in [4.78, 5) is 0. The zero-order chi connectivity index (χ0) is 11.5. The SMILES string of the molecule is CNC(CC1CCC1)c1ccc(F)c(Cl)c1. The van der Waals surface area contributed by atoms with Crippen LogP contribution in [0.15, 0.2) is 18.2 Å². The molecule has 1 N–H and O–H groups in total. The Balaban J connectivity index is 2.09. The van der Waals surface area contributed by atoms with Gasteiger partial charge in [-0.25, -0.2) is 4.39 Å². The van der Waals surface area contributed by atoms with Crippen LogP contribution < -0.4 is 5.32 Å². The highest BCUT2D eigenvalue weighted by Gasteiger charge is 2.22. The van der Waals surface area contributed by atoms with Gasteiger partial charge in [0.25, 0.3) is 0 Å². The topological polar surface area (TPSA) is 12.0 Å². The van der Waals surface area contributed by atoms with Gasteiger partial charge in [-0.05, 0) is 37.1 Å². The molecule has 0 spiro atoms. The van der Waals surface area contributed by atoms with Crippen molar-refractivity contribution in [3.05, 3.63) is 34.6 Å². The second-order valence-electron chi connectivity index (χ2n) is 4.55. The van der Waals surface area contributed by atoms with Gasteiger partial charge in [0.05, 0.1) is 5.02 Å². The van der Waals surface area contributed by atoms with Gasteiger partial charge in [-0.1, -0.05) is 36.9 Å². The zero-order valence-electron chi connectivity index (χ0n) is 9.47. The molecule has 0 aliphatic heterocycles. The minimum absolute atomic E-state index is 0.214. The highest BCUT2D eigenvalue weighted by atomic mass is 35.5. The Hall–Kier alpha value is -0.600. The van der Waals surface area contributed by atoms with Crippen LogP contribution in [-0.4, -0.2) is 7.05 Å². The molecule has 16 heavy (non-hydrogen) atoms. The van der Waals surface area contributed by atoms with Crippen LogP contribution in [0.4, 0.5) is 4.39 Å². The van der Waals surface area contributed by atoms with Crippen molar-refractivity contribution in [2.45, 2.75) is 31.7 Å². The fourth-order valence-corrected chi connectivity index (χ4v) is 2.40. The first-order valence-electron chi connectivity index (χ1n) is 5.83. The summed E-state index contributed by atoms with van der Waals surface area (Å²) >= 11 is 5.80. The lowest BCUT2D eigenvalue weighted by atomic mass is 9.79. The van der Waals surface area contributed by atoms with E-state index in [0.717, 1.165) is 17.9 Å². The number of hydrogen-bond acceptors (Lipinski definition) is 1. The molecule has 0 amide bonds. The minimum Gasteiger partial charge on any atom is -0.313 e. The molecule has 1 atom stereocenters. The van der Waals surface area contributed by atoms with Gasteiger partial charge in [0.15, 0.2) is 0 Å². The third-order valence-electron chi connectivity index (χ3n) is 3.49. The summed E-state index contributed by atoms with van der Waals surface area (Å²) in [7, 11) is 1.95. The molecule has 0 aromatic heterocycles. The second-order valence-corrected chi connectivity index (χ2v) is 4.95. The molecule has 3 heteroatoms. The molecule has 1 unspecified atom stereocenters. The molecule has 1 fully saturated rings. The first kappa shape index (κ1) is 11.9. The second kappa shape index (κ2) is 5.15. The van der Waals surface area contributed by atoms with E-state index in [0.29, 0.717) is 6.04 Å². The maximum Gasteiger partial charge on any atom is 0.141 e. The number of benzene rings is 1. The molecule has 0 bridgehead atoms. The van der Waals surface area contributed by atoms with Crippen molar-refractivity contribution in [2.75, 3.05) is 7.05 Å². The Bertz CT molecular complexity index is 363. The minimum atomic E-state index is -0.344. The van der Waals surface area contributed by atoms with Crippen LogP contribution >= 0.6 is 11.6 Å². The van der Waals surface area contributed by atoms with Gasteiger partial charge in [-0.3, -0.25) is 0 Å². The number of nitrogens with one attached hydrogen (secondary N) is 1. The average Bonchev–Trinajstić information content (AvgIpc) is 2.21. The van der Waals surface area contributed by atoms with Gasteiger partial charge >= 0.3 is 0 Å². The summed E-state index contributed by atoms with van der Waals surface area (Å²) in [5, 5.41) is 3.50. The Kier molecular flexibility index (Phi) is 3.82. The molecule has 1 saturated carbocycles. The monoisotopic (exact) mass is 241 g/mol. The van der Waals surface area contributed by atoms with Crippen molar-refractivity contribution >= 4 is 11.6 Å². The molecule has 1 nitrogen and oxygen atoms in total. The van der Waals surface area contributed by atoms with Crippen molar-refractivity contribution < 1.29 is 4.39 Å². The first-order chi connectivity index (χ1) is 7.70. The molecule has 0 saturated heterocycles. The Labute approximate surface area is 101 Å². The maximum atomic E-state index is 13.1. The quantitative estimate of drug-likeness (QED) is 0.842. The van der Waals surface area contributed by atoms with Gasteiger partial charge in [0.1, 0.15) is 5.82 Å². The lowest BCUT2D eigenvalue weighted by Gasteiger charge is -2.29. The summed E-state index contributed by atoms with van der Waals surface area (Å²) in [5.41, 5.74) is 1.08. The van der Waals surface area contributed by atoms with E-state index in [-0.39, 0.29) is 10.8 Å². The molecular weight excluding hydrogens is 225 g/mol. The van der Waals surface area contributed by atoms with E-state index < -0.39 is 0 Å². The van der Waals surface area contributed by atoms with E-state index in [1.54, 1.807) is 6.07 Å². The zero-order valence-corrected chi connectivity index (χ0v) is 10.2. The third kappa shape index (κ3) is 2.55. The molecule has 0 heterocycles. The number of hydrogen-bond donors (Lipinski definition) is 1. The first-order valence-corrected chi connectivity index (χ1v) is 6.20. The molecule has 1 aliphatic carbocycles. The molecule has 0 radical (unpaired) electrons. The predicted octanol–water partition coefficient (Wildman–Crippen LogP) is 3.93. The normalized spacial score (nSPS) is 18.2. The largest absolute Gasteiger partial charge is 0.313 e. The molecule has 88 valence electrons. The lowest BCUT2D eigenvalue weighted by molar-refractivity contribution is 0.265. The number of rotatable bonds is 4. The van der Waals surface area contributed by atoms with Crippen molar-refractivity contribution in [3.8, 4) is 0 Å². The molecule has 1 aromatic carbocycles. The highest BCUT2D eigenvalue weighted by molar-refractivity contribution is 6.30. The summed E-state index contributed by atoms with van der Waals surface area (Å²) in [5.74, 6) is 0.477. The summed E-state index contributed by atoms with van der Waals surface area (Å²) < 4.78 is 13.1. The fourth-order valence-electron chi connectivity index (χ4n) is 2.21. The van der Waals surface area contributed by atoms with Crippen molar-refractivity contribution in [3.63, 3.8) is 0 Å². The van der Waals surface area contributed by atoms with Gasteiger partial charge in [0.2, 0.25) is 0 Å². The summed E-state index contributed by atoms with van der Waals surface area (Å²) in [6, 6.07) is 5.30. The smallest absolute Gasteiger partial charge is 0.141 e. The Morgan fingerprint density at radius 2 is 2.25 bits per heavy atom. The molecule has 1 aliphatic rings. The van der Waals surface area contributed by atoms with E-state index >= 15 is 0 Å². The highest BCUT2D eigenvalue weighted by Crippen LogP contribution is 2.35. The van der Waals surface area contributed by atoms with Crippen LogP contribution in [0.25, 0.3) is 0 Å². The van der Waals surface area contributed by atoms with Crippen LogP contribution in [0.1, 0.15) is 37.3 Å². The Morgan fingerprint density at radius 3 is 2.75 bits per heavy atom. The van der Waals surface area contributed by atoms with Crippen LogP contribution in [0, 0.1) is 11.7 Å². The van der Waals surface area contributed by atoms with Gasteiger partial charge in [-0.15, -0.1) is 0 Å². The molecule has 1 aromatic rings. The predicted molar refractivity (Wildman–Crippen MR) is 65.2 cm³/mol. The van der Waals surface area contributed by atoms with Crippen molar-refractivity contribution in [2.24, 2.45) is 5.92 Å². The van der Waals surface area contributed by atoms with E-state index in [9.17, 15) is 4.39 Å². The fraction of sp³-hybridized carbons (Fsp3) is 0.538. The van der Waals surface area contributed by atoms with Crippen LogP contribution in [0.2, 0.25) is 5.02 Å². The summed E-state index contributed by atoms with van der Waals surface area (Å²) in [6.45, 7) is 0. The van der Waals surface area contributed by atoms with Crippen molar-refractivity contribution in [1.82, 2.24) is 5.32 Å². The van der Waals surface area contributed by atoms with Gasteiger partial charge in [0, 0.05) is 6.04 Å². The maximum absolute atomic E-state index is 13.1. The standard InChI is InChI=1S/C13H17ClFN/c1-16-13(7-9-3-2-4-9)10-5-6-12(15)11(14)8-10/h5-6,8-9,13,16H,2-4,7H2,1H3. The van der Waals surface area contributed by atoms with Crippen molar-refractivity contribution in [1.29, 1.82) is 0 Å².